The lowest BCUT2D eigenvalue weighted by Gasteiger charge is -2.26. The molecule has 11 N–H and O–H groups in total. The highest BCUT2D eigenvalue weighted by Gasteiger charge is 2.31. The number of hydrogen-bond donors (Lipinski definition) is 8. The van der Waals surface area contributed by atoms with Gasteiger partial charge in [0.15, 0.2) is 5.96 Å². The number of nitrogens with zero attached hydrogens (tertiary/aromatic N) is 1. The molecule has 0 aromatic heterocycles. The fourth-order valence-corrected chi connectivity index (χ4v) is 3.19. The van der Waals surface area contributed by atoms with Crippen molar-refractivity contribution in [1.29, 1.82) is 0 Å². The van der Waals surface area contributed by atoms with Crippen LogP contribution >= 0.6 is 0 Å². The lowest BCUT2D eigenvalue weighted by atomic mass is 10.0. The summed E-state index contributed by atoms with van der Waals surface area (Å²) in [6.07, 6.45) is 0.367. The Morgan fingerprint density at radius 2 is 1.50 bits per heavy atom. The number of phenolic OH excluding ortho intramolecular Hbond substituents is 1. The van der Waals surface area contributed by atoms with Crippen molar-refractivity contribution in [2.24, 2.45) is 28.1 Å². The lowest BCUT2D eigenvalue weighted by Crippen LogP contribution is -2.58. The number of aromatic hydroxyl groups is 1. The van der Waals surface area contributed by atoms with Gasteiger partial charge in [0.05, 0.1) is 6.04 Å². The van der Waals surface area contributed by atoms with Gasteiger partial charge in [-0.2, -0.15) is 0 Å². The fourth-order valence-electron chi connectivity index (χ4n) is 3.19. The third-order valence-electron chi connectivity index (χ3n) is 5.23. The van der Waals surface area contributed by atoms with Gasteiger partial charge in [0.25, 0.3) is 0 Å². The van der Waals surface area contributed by atoms with Crippen LogP contribution in [0.1, 0.15) is 39.2 Å². The van der Waals surface area contributed by atoms with Gasteiger partial charge in [-0.25, -0.2) is 4.79 Å². The van der Waals surface area contributed by atoms with Gasteiger partial charge in [-0.15, -0.1) is 0 Å². The summed E-state index contributed by atoms with van der Waals surface area (Å²) in [6.45, 7) is 5.10. The molecule has 13 heteroatoms. The molecule has 0 saturated heterocycles. The summed E-state index contributed by atoms with van der Waals surface area (Å²) < 4.78 is 0. The first-order valence-electron chi connectivity index (χ1n) is 11.5. The Morgan fingerprint density at radius 1 is 0.917 bits per heavy atom. The predicted molar refractivity (Wildman–Crippen MR) is 134 cm³/mol. The van der Waals surface area contributed by atoms with Gasteiger partial charge in [0.2, 0.25) is 17.7 Å². The topological polar surface area (TPSA) is 235 Å². The zero-order valence-electron chi connectivity index (χ0n) is 20.7. The largest absolute Gasteiger partial charge is 0.508 e. The van der Waals surface area contributed by atoms with Crippen molar-refractivity contribution in [2.45, 2.75) is 64.2 Å². The van der Waals surface area contributed by atoms with E-state index in [0.29, 0.717) is 12.0 Å². The minimum absolute atomic E-state index is 0.0223. The van der Waals surface area contributed by atoms with Gasteiger partial charge >= 0.3 is 5.97 Å². The molecule has 0 heterocycles. The van der Waals surface area contributed by atoms with Crippen molar-refractivity contribution in [2.75, 3.05) is 6.54 Å². The first-order chi connectivity index (χ1) is 16.8. The number of nitrogens with two attached hydrogens (primary N) is 3. The maximum absolute atomic E-state index is 13.1. The quantitative estimate of drug-likeness (QED) is 0.0832. The molecule has 0 fully saturated rings. The molecule has 0 aliphatic carbocycles. The lowest BCUT2D eigenvalue weighted by molar-refractivity contribution is -0.142. The molecule has 0 saturated carbocycles. The SMILES string of the molecule is CC(N)C(=O)NC(C(=O)NC(CCCN=C(N)N)C(=O)NC(Cc1ccc(O)cc1)C(=O)O)C(C)C. The number of rotatable bonds is 14. The second kappa shape index (κ2) is 14.5. The Morgan fingerprint density at radius 3 is 2.00 bits per heavy atom. The summed E-state index contributed by atoms with van der Waals surface area (Å²) in [4.78, 5) is 53.8. The van der Waals surface area contributed by atoms with E-state index in [0.717, 1.165) is 0 Å². The molecular formula is C23H37N7O6. The summed E-state index contributed by atoms with van der Waals surface area (Å²) >= 11 is 0. The minimum atomic E-state index is -1.29. The van der Waals surface area contributed by atoms with Crippen molar-refractivity contribution >= 4 is 29.7 Å². The number of hydrogen-bond acceptors (Lipinski definition) is 7. The van der Waals surface area contributed by atoms with E-state index in [1.54, 1.807) is 26.0 Å². The molecule has 36 heavy (non-hydrogen) atoms. The van der Waals surface area contributed by atoms with E-state index in [4.69, 9.17) is 17.2 Å². The van der Waals surface area contributed by atoms with Crippen molar-refractivity contribution in [1.82, 2.24) is 16.0 Å². The van der Waals surface area contributed by atoms with Crippen LogP contribution in [0.2, 0.25) is 0 Å². The number of benzene rings is 1. The van der Waals surface area contributed by atoms with Crippen molar-refractivity contribution in [3.8, 4) is 5.75 Å². The van der Waals surface area contributed by atoms with Crippen LogP contribution in [0.3, 0.4) is 0 Å². The van der Waals surface area contributed by atoms with E-state index in [-0.39, 0.29) is 37.0 Å². The van der Waals surface area contributed by atoms with E-state index in [1.807, 2.05) is 0 Å². The maximum Gasteiger partial charge on any atom is 0.326 e. The highest BCUT2D eigenvalue weighted by molar-refractivity contribution is 5.94. The van der Waals surface area contributed by atoms with Crippen molar-refractivity contribution in [3.05, 3.63) is 29.8 Å². The second-order valence-corrected chi connectivity index (χ2v) is 8.80. The van der Waals surface area contributed by atoms with Crippen LogP contribution in [0.5, 0.6) is 5.75 Å². The molecular weight excluding hydrogens is 470 g/mol. The van der Waals surface area contributed by atoms with Crippen LogP contribution in [0, 0.1) is 5.92 Å². The van der Waals surface area contributed by atoms with E-state index >= 15 is 0 Å². The Bertz CT molecular complexity index is 929. The molecule has 13 nitrogen and oxygen atoms in total. The fraction of sp³-hybridized carbons (Fsp3) is 0.522. The number of carbonyl (C=O) groups excluding carboxylic acids is 3. The average molecular weight is 508 g/mol. The Hall–Kier alpha value is -3.87. The maximum atomic E-state index is 13.1. The van der Waals surface area contributed by atoms with E-state index in [1.165, 1.54) is 19.1 Å². The molecule has 0 radical (unpaired) electrons. The summed E-state index contributed by atoms with van der Waals surface area (Å²) in [5.74, 6) is -3.57. The molecule has 0 bridgehead atoms. The number of aliphatic carboxylic acids is 1. The van der Waals surface area contributed by atoms with Gasteiger partial charge in [-0.05, 0) is 43.4 Å². The Balaban J connectivity index is 3.04. The van der Waals surface area contributed by atoms with Gasteiger partial charge in [0.1, 0.15) is 23.9 Å². The van der Waals surface area contributed by atoms with Crippen LogP contribution < -0.4 is 33.2 Å². The van der Waals surface area contributed by atoms with Crippen LogP contribution in [0.4, 0.5) is 0 Å². The van der Waals surface area contributed by atoms with Crippen LogP contribution in [0.25, 0.3) is 0 Å². The number of phenols is 1. The smallest absolute Gasteiger partial charge is 0.326 e. The number of nitrogens with one attached hydrogen (secondary N) is 3. The van der Waals surface area contributed by atoms with Crippen LogP contribution in [0.15, 0.2) is 29.3 Å². The van der Waals surface area contributed by atoms with Crippen LogP contribution in [-0.4, -0.2) is 70.6 Å². The number of amides is 3. The Labute approximate surface area is 209 Å². The van der Waals surface area contributed by atoms with E-state index in [9.17, 15) is 29.4 Å². The highest BCUT2D eigenvalue weighted by atomic mass is 16.4. The first-order valence-corrected chi connectivity index (χ1v) is 11.5. The molecule has 1 rings (SSSR count). The van der Waals surface area contributed by atoms with Crippen molar-refractivity contribution in [3.63, 3.8) is 0 Å². The molecule has 200 valence electrons. The molecule has 4 atom stereocenters. The third-order valence-corrected chi connectivity index (χ3v) is 5.23. The zero-order valence-corrected chi connectivity index (χ0v) is 20.7. The number of carbonyl (C=O) groups is 4. The molecule has 3 amide bonds. The summed E-state index contributed by atoms with van der Waals surface area (Å²) in [5, 5.41) is 26.7. The normalized spacial score (nSPS) is 14.1. The molecule has 4 unspecified atom stereocenters. The number of carboxylic acid groups (broad SMARTS) is 1. The second-order valence-electron chi connectivity index (χ2n) is 8.80. The third kappa shape index (κ3) is 10.6. The van der Waals surface area contributed by atoms with E-state index < -0.39 is 47.9 Å². The minimum Gasteiger partial charge on any atom is -0.508 e. The van der Waals surface area contributed by atoms with Gasteiger partial charge in [-0.1, -0.05) is 26.0 Å². The summed E-state index contributed by atoms with van der Waals surface area (Å²) in [6, 6.07) is 1.68. The monoisotopic (exact) mass is 507 g/mol. The molecule has 0 spiro atoms. The predicted octanol–water partition coefficient (Wildman–Crippen LogP) is -1.47. The number of carboxylic acids is 1. The average Bonchev–Trinajstić information content (AvgIpc) is 2.79. The molecule has 1 aromatic rings. The van der Waals surface area contributed by atoms with Crippen molar-refractivity contribution < 1.29 is 29.4 Å². The number of guanidine groups is 1. The van der Waals surface area contributed by atoms with Gasteiger partial charge in [-0.3, -0.25) is 19.4 Å². The number of aliphatic imine (C=N–C) groups is 1. The first kappa shape index (κ1) is 30.2. The van der Waals surface area contributed by atoms with E-state index in [2.05, 4.69) is 20.9 Å². The molecule has 1 aromatic carbocycles. The van der Waals surface area contributed by atoms with Crippen LogP contribution in [-0.2, 0) is 25.6 Å². The standard InChI is InChI=1S/C23H37N7O6/c1-12(2)18(30-19(32)13(3)24)21(34)28-16(5-4-10-27-23(25)26)20(33)29-17(22(35)36)11-14-6-8-15(31)9-7-14/h6-9,12-13,16-18,31H,4-5,10-11,24H2,1-3H3,(H,28,34)(H,29,33)(H,30,32)(H,35,36)(H4,25,26,27). The molecule has 0 aliphatic rings. The Kier molecular flexibility index (Phi) is 12.2. The summed E-state index contributed by atoms with van der Waals surface area (Å²) in [7, 11) is 0. The van der Waals surface area contributed by atoms with Gasteiger partial charge in [0, 0.05) is 13.0 Å². The highest BCUT2D eigenvalue weighted by Crippen LogP contribution is 2.12. The zero-order chi connectivity index (χ0) is 27.4. The molecule has 0 aliphatic heterocycles. The summed E-state index contributed by atoms with van der Waals surface area (Å²) in [5.41, 5.74) is 16.8. The van der Waals surface area contributed by atoms with Gasteiger partial charge < -0.3 is 43.4 Å².